The van der Waals surface area contributed by atoms with Crippen molar-refractivity contribution in [2.24, 2.45) is 0 Å². The summed E-state index contributed by atoms with van der Waals surface area (Å²) in [5, 5.41) is 3.41. The molecule has 118 valence electrons. The molecule has 1 aromatic rings. The van der Waals surface area contributed by atoms with Crippen molar-refractivity contribution in [1.29, 1.82) is 0 Å². The van der Waals surface area contributed by atoms with Crippen LogP contribution in [-0.4, -0.2) is 38.2 Å². The Labute approximate surface area is 132 Å². The van der Waals surface area contributed by atoms with Crippen molar-refractivity contribution in [1.82, 2.24) is 4.31 Å². The normalized spacial score (nSPS) is 23.8. The number of para-hydroxylation sites is 1. The lowest BCUT2D eigenvalue weighted by Gasteiger charge is -2.24. The van der Waals surface area contributed by atoms with Gasteiger partial charge in [-0.15, -0.1) is 11.6 Å². The van der Waals surface area contributed by atoms with Crippen molar-refractivity contribution in [3.8, 4) is 0 Å². The highest BCUT2D eigenvalue weighted by Crippen LogP contribution is 2.29. The fraction of sp³-hybridized carbons (Fsp3) is 0.600. The van der Waals surface area contributed by atoms with Crippen molar-refractivity contribution >= 4 is 27.3 Å². The second kappa shape index (κ2) is 6.99. The summed E-state index contributed by atoms with van der Waals surface area (Å²) in [5.41, 5.74) is 0.642. The lowest BCUT2D eigenvalue weighted by Crippen LogP contribution is -2.30. The van der Waals surface area contributed by atoms with Crippen LogP contribution in [0, 0.1) is 0 Å². The Hall–Kier alpha value is -0.780. The third kappa shape index (κ3) is 3.90. The van der Waals surface area contributed by atoms with E-state index in [1.54, 1.807) is 26.2 Å². The van der Waals surface area contributed by atoms with Crippen molar-refractivity contribution in [2.45, 2.75) is 48.4 Å². The summed E-state index contributed by atoms with van der Waals surface area (Å²) in [4.78, 5) is 0.308. The maximum Gasteiger partial charge on any atom is 0.244 e. The van der Waals surface area contributed by atoms with Crippen LogP contribution >= 0.6 is 11.6 Å². The number of alkyl halides is 1. The molecule has 4 nitrogen and oxygen atoms in total. The van der Waals surface area contributed by atoms with E-state index in [9.17, 15) is 8.42 Å². The molecular weight excluding hydrogens is 308 g/mol. The number of nitrogens with zero attached hydrogens (tertiary/aromatic N) is 1. The number of rotatable bonds is 4. The molecule has 1 fully saturated rings. The lowest BCUT2D eigenvalue weighted by atomic mass is 10.1. The molecule has 2 rings (SSSR count). The largest absolute Gasteiger partial charge is 0.380 e. The van der Waals surface area contributed by atoms with Crippen molar-refractivity contribution in [3.63, 3.8) is 0 Å². The Kier molecular flexibility index (Phi) is 5.52. The van der Waals surface area contributed by atoms with Gasteiger partial charge in [-0.05, 0) is 25.0 Å². The summed E-state index contributed by atoms with van der Waals surface area (Å²) in [6, 6.07) is 7.15. The van der Waals surface area contributed by atoms with Gasteiger partial charge in [-0.2, -0.15) is 0 Å². The Balaban J connectivity index is 2.28. The van der Waals surface area contributed by atoms with Crippen LogP contribution in [-0.2, 0) is 10.0 Å². The van der Waals surface area contributed by atoms with Crippen molar-refractivity contribution in [3.05, 3.63) is 24.3 Å². The first-order valence-electron chi connectivity index (χ1n) is 7.35. The molecule has 0 aliphatic heterocycles. The van der Waals surface area contributed by atoms with Gasteiger partial charge in [0, 0.05) is 20.1 Å². The molecule has 0 radical (unpaired) electrons. The molecule has 1 saturated carbocycles. The van der Waals surface area contributed by atoms with Gasteiger partial charge in [-0.25, -0.2) is 12.7 Å². The molecule has 21 heavy (non-hydrogen) atoms. The van der Waals surface area contributed by atoms with Crippen LogP contribution in [0.4, 0.5) is 5.69 Å². The number of nitrogens with one attached hydrogen (secondary N) is 1. The second-order valence-electron chi connectivity index (χ2n) is 5.69. The minimum atomic E-state index is -3.46. The van der Waals surface area contributed by atoms with Gasteiger partial charge in [0.25, 0.3) is 0 Å². The van der Waals surface area contributed by atoms with Crippen LogP contribution in [0.25, 0.3) is 0 Å². The molecular formula is C15H23ClN2O2S. The molecule has 6 heteroatoms. The molecule has 1 aliphatic carbocycles. The minimum Gasteiger partial charge on any atom is -0.380 e. The first-order chi connectivity index (χ1) is 9.93. The van der Waals surface area contributed by atoms with E-state index in [2.05, 4.69) is 5.32 Å². The predicted octanol–water partition coefficient (Wildman–Crippen LogP) is 3.29. The molecule has 0 spiro atoms. The molecule has 0 bridgehead atoms. The zero-order valence-electron chi connectivity index (χ0n) is 12.5. The molecule has 2 atom stereocenters. The molecule has 0 heterocycles. The lowest BCUT2D eigenvalue weighted by molar-refractivity contribution is 0.520. The number of hydrogen-bond donors (Lipinski definition) is 1. The highest BCUT2D eigenvalue weighted by Gasteiger charge is 2.25. The van der Waals surface area contributed by atoms with E-state index in [1.807, 2.05) is 12.1 Å². The maximum atomic E-state index is 12.4. The zero-order valence-corrected chi connectivity index (χ0v) is 14.1. The summed E-state index contributed by atoms with van der Waals surface area (Å²) in [5.74, 6) is 0. The molecule has 0 aromatic heterocycles. The van der Waals surface area contributed by atoms with Gasteiger partial charge in [-0.3, -0.25) is 0 Å². The van der Waals surface area contributed by atoms with E-state index in [-0.39, 0.29) is 11.4 Å². The van der Waals surface area contributed by atoms with Crippen LogP contribution < -0.4 is 5.32 Å². The number of halogens is 1. The van der Waals surface area contributed by atoms with Gasteiger partial charge in [-0.1, -0.05) is 31.4 Å². The highest BCUT2D eigenvalue weighted by molar-refractivity contribution is 7.89. The van der Waals surface area contributed by atoms with Crippen molar-refractivity contribution < 1.29 is 8.42 Å². The molecule has 1 N–H and O–H groups in total. The minimum absolute atomic E-state index is 0.0441. The average Bonchev–Trinajstić information content (AvgIpc) is 2.64. The van der Waals surface area contributed by atoms with E-state index < -0.39 is 10.0 Å². The fourth-order valence-electron chi connectivity index (χ4n) is 2.63. The predicted molar refractivity (Wildman–Crippen MR) is 87.5 cm³/mol. The molecule has 0 saturated heterocycles. The van der Waals surface area contributed by atoms with Crippen LogP contribution in [0.3, 0.4) is 0 Å². The van der Waals surface area contributed by atoms with E-state index in [4.69, 9.17) is 11.6 Å². The topological polar surface area (TPSA) is 49.4 Å². The Morgan fingerprint density at radius 3 is 2.52 bits per heavy atom. The van der Waals surface area contributed by atoms with Crippen LogP contribution in [0.5, 0.6) is 0 Å². The highest BCUT2D eigenvalue weighted by atomic mass is 35.5. The number of hydrogen-bond acceptors (Lipinski definition) is 3. The summed E-state index contributed by atoms with van der Waals surface area (Å²) in [7, 11) is -0.370. The SMILES string of the molecule is CN(C)S(=O)(=O)c1ccccc1NC1CCCCCC1Cl. The number of benzene rings is 1. The monoisotopic (exact) mass is 330 g/mol. The van der Waals surface area contributed by atoms with Gasteiger partial charge >= 0.3 is 0 Å². The fourth-order valence-corrected chi connectivity index (χ4v) is 4.02. The first kappa shape index (κ1) is 16.6. The van der Waals surface area contributed by atoms with Crippen LogP contribution in [0.2, 0.25) is 0 Å². The van der Waals surface area contributed by atoms with Gasteiger partial charge in [0.2, 0.25) is 10.0 Å². The van der Waals surface area contributed by atoms with Gasteiger partial charge in [0.05, 0.1) is 11.1 Å². The summed E-state index contributed by atoms with van der Waals surface area (Å²) in [6.45, 7) is 0. The third-order valence-electron chi connectivity index (χ3n) is 3.92. The van der Waals surface area contributed by atoms with E-state index >= 15 is 0 Å². The maximum absolute atomic E-state index is 12.4. The average molecular weight is 331 g/mol. The third-order valence-corrected chi connectivity index (χ3v) is 6.31. The molecule has 1 aromatic carbocycles. The standard InChI is InChI=1S/C15H23ClN2O2S/c1-18(2)21(19,20)15-11-7-6-10-14(15)17-13-9-5-3-4-8-12(13)16/h6-7,10-13,17H,3-5,8-9H2,1-2H3. The van der Waals surface area contributed by atoms with E-state index in [0.717, 1.165) is 25.7 Å². The summed E-state index contributed by atoms with van der Waals surface area (Å²) >= 11 is 6.44. The van der Waals surface area contributed by atoms with E-state index in [1.165, 1.54) is 10.7 Å². The van der Waals surface area contributed by atoms with Crippen molar-refractivity contribution in [2.75, 3.05) is 19.4 Å². The molecule has 0 amide bonds. The quantitative estimate of drug-likeness (QED) is 0.680. The van der Waals surface area contributed by atoms with E-state index in [0.29, 0.717) is 10.6 Å². The Morgan fingerprint density at radius 1 is 1.14 bits per heavy atom. The van der Waals surface area contributed by atoms with Gasteiger partial charge in [0.1, 0.15) is 4.90 Å². The Bertz CT molecular complexity index is 575. The zero-order chi connectivity index (χ0) is 15.5. The number of anilines is 1. The number of sulfonamides is 1. The summed E-state index contributed by atoms with van der Waals surface area (Å²) in [6.07, 6.45) is 5.42. The first-order valence-corrected chi connectivity index (χ1v) is 9.23. The Morgan fingerprint density at radius 2 is 1.81 bits per heavy atom. The molecule has 1 aliphatic rings. The summed E-state index contributed by atoms with van der Waals surface area (Å²) < 4.78 is 26.0. The van der Waals surface area contributed by atoms with Gasteiger partial charge < -0.3 is 5.32 Å². The molecule has 2 unspecified atom stereocenters. The van der Waals surface area contributed by atoms with Crippen LogP contribution in [0.15, 0.2) is 29.2 Å². The van der Waals surface area contributed by atoms with Crippen LogP contribution in [0.1, 0.15) is 32.1 Å². The second-order valence-corrected chi connectivity index (χ2v) is 8.37. The smallest absolute Gasteiger partial charge is 0.244 e. The van der Waals surface area contributed by atoms with Gasteiger partial charge in [0.15, 0.2) is 0 Å².